The molecule has 1 atom stereocenters. The fourth-order valence-corrected chi connectivity index (χ4v) is 3.90. The summed E-state index contributed by atoms with van der Waals surface area (Å²) >= 11 is 0. The number of benzene rings is 2. The number of ether oxygens (including phenoxy) is 4. The molecule has 166 valence electrons. The largest absolute Gasteiger partial charge is 0.493 e. The Morgan fingerprint density at radius 1 is 1.10 bits per heavy atom. The van der Waals surface area contributed by atoms with Crippen molar-refractivity contribution in [2.75, 3.05) is 20.8 Å². The zero-order valence-corrected chi connectivity index (χ0v) is 18.5. The van der Waals surface area contributed by atoms with Crippen LogP contribution >= 0.6 is 0 Å². The van der Waals surface area contributed by atoms with Gasteiger partial charge in [-0.25, -0.2) is 4.79 Å². The maximum atomic E-state index is 12.0. The Bertz CT molecular complexity index is 994. The van der Waals surface area contributed by atoms with Crippen LogP contribution in [0.2, 0.25) is 0 Å². The van der Waals surface area contributed by atoms with Crippen LogP contribution < -0.4 is 14.2 Å². The lowest BCUT2D eigenvalue weighted by atomic mass is 9.84. The lowest BCUT2D eigenvalue weighted by Gasteiger charge is -2.28. The number of carboxylic acids is 1. The Morgan fingerprint density at radius 2 is 1.81 bits per heavy atom. The van der Waals surface area contributed by atoms with E-state index in [9.17, 15) is 14.7 Å². The van der Waals surface area contributed by atoms with Gasteiger partial charge in [-0.3, -0.25) is 4.79 Å². The fraction of sp³-hybridized carbons (Fsp3) is 0.417. The number of hydrogen-bond donors (Lipinski definition) is 1. The van der Waals surface area contributed by atoms with E-state index in [1.807, 2.05) is 26.0 Å². The van der Waals surface area contributed by atoms with E-state index in [0.29, 0.717) is 29.2 Å². The van der Waals surface area contributed by atoms with E-state index in [0.717, 1.165) is 16.7 Å². The molecule has 3 rings (SSSR count). The van der Waals surface area contributed by atoms with Crippen LogP contribution in [-0.4, -0.2) is 37.9 Å². The number of hydrogen-bond acceptors (Lipinski definition) is 6. The molecule has 31 heavy (non-hydrogen) atoms. The molecule has 2 aromatic rings. The molecule has 2 aromatic carbocycles. The van der Waals surface area contributed by atoms with Gasteiger partial charge in [-0.05, 0) is 35.6 Å². The predicted molar refractivity (Wildman–Crippen MR) is 115 cm³/mol. The van der Waals surface area contributed by atoms with Gasteiger partial charge >= 0.3 is 11.9 Å². The van der Waals surface area contributed by atoms with Crippen molar-refractivity contribution in [3.63, 3.8) is 0 Å². The first-order valence-corrected chi connectivity index (χ1v) is 10.1. The van der Waals surface area contributed by atoms with E-state index in [-0.39, 0.29) is 19.2 Å². The van der Waals surface area contributed by atoms with Gasteiger partial charge in [0.25, 0.3) is 0 Å². The highest BCUT2D eigenvalue weighted by molar-refractivity contribution is 5.96. The SMILES string of the molecule is COc1ccc(-c2cccc3c2COC3=O)c(OCC(C)(C)CC(C)C(=O)O)c1OC. The second-order valence-electron chi connectivity index (χ2n) is 8.48. The molecule has 0 bridgehead atoms. The van der Waals surface area contributed by atoms with Gasteiger partial charge < -0.3 is 24.1 Å². The smallest absolute Gasteiger partial charge is 0.338 e. The van der Waals surface area contributed by atoms with Gasteiger partial charge in [0.05, 0.1) is 32.3 Å². The van der Waals surface area contributed by atoms with Crippen LogP contribution in [0.5, 0.6) is 17.2 Å². The van der Waals surface area contributed by atoms with Crippen LogP contribution in [0.1, 0.15) is 43.1 Å². The molecule has 1 N–H and O–H groups in total. The van der Waals surface area contributed by atoms with Crippen molar-refractivity contribution >= 4 is 11.9 Å². The summed E-state index contributed by atoms with van der Waals surface area (Å²) < 4.78 is 22.5. The molecule has 0 saturated carbocycles. The number of fused-ring (bicyclic) bond motifs is 1. The van der Waals surface area contributed by atoms with E-state index in [2.05, 4.69) is 0 Å². The summed E-state index contributed by atoms with van der Waals surface area (Å²) in [5, 5.41) is 9.27. The van der Waals surface area contributed by atoms with Gasteiger partial charge in [-0.2, -0.15) is 0 Å². The lowest BCUT2D eigenvalue weighted by Crippen LogP contribution is -2.27. The van der Waals surface area contributed by atoms with Crippen LogP contribution in [0.3, 0.4) is 0 Å². The molecule has 7 nitrogen and oxygen atoms in total. The normalized spacial score (nSPS) is 13.9. The van der Waals surface area contributed by atoms with E-state index >= 15 is 0 Å². The van der Waals surface area contributed by atoms with Crippen molar-refractivity contribution in [1.82, 2.24) is 0 Å². The quantitative estimate of drug-likeness (QED) is 0.586. The molecule has 0 aliphatic carbocycles. The molecule has 0 fully saturated rings. The lowest BCUT2D eigenvalue weighted by molar-refractivity contribution is -0.142. The summed E-state index contributed by atoms with van der Waals surface area (Å²) in [4.78, 5) is 23.3. The minimum absolute atomic E-state index is 0.194. The second-order valence-corrected chi connectivity index (χ2v) is 8.48. The average molecular weight is 428 g/mol. The topological polar surface area (TPSA) is 91.3 Å². The van der Waals surface area contributed by atoms with Crippen molar-refractivity contribution in [2.45, 2.75) is 33.8 Å². The van der Waals surface area contributed by atoms with Gasteiger partial charge in [-0.1, -0.05) is 32.9 Å². The number of cyclic esters (lactones) is 1. The summed E-state index contributed by atoms with van der Waals surface area (Å²) in [6.45, 7) is 6.08. The monoisotopic (exact) mass is 428 g/mol. The van der Waals surface area contributed by atoms with Crippen LogP contribution in [0.25, 0.3) is 11.1 Å². The molecule has 0 aromatic heterocycles. The number of rotatable bonds is 9. The molecular formula is C24H28O7. The minimum Gasteiger partial charge on any atom is -0.493 e. The second kappa shape index (κ2) is 8.88. The molecule has 0 saturated heterocycles. The standard InChI is InChI=1S/C24H28O7/c1-14(22(25)26)11-24(2,3)13-31-20-16(9-10-19(28-4)21(20)29-5)15-7-6-8-17-18(15)12-30-23(17)27/h6-10,14H,11-13H2,1-5H3,(H,25,26). The molecular weight excluding hydrogens is 400 g/mol. The zero-order chi connectivity index (χ0) is 22.8. The first kappa shape index (κ1) is 22.5. The molecule has 7 heteroatoms. The van der Waals surface area contributed by atoms with Crippen LogP contribution in [0.15, 0.2) is 30.3 Å². The Balaban J connectivity index is 2.03. The number of aliphatic carboxylic acids is 1. The van der Waals surface area contributed by atoms with Crippen molar-refractivity contribution in [1.29, 1.82) is 0 Å². The van der Waals surface area contributed by atoms with Crippen molar-refractivity contribution in [3.8, 4) is 28.4 Å². The molecule has 0 spiro atoms. The van der Waals surface area contributed by atoms with E-state index < -0.39 is 17.3 Å². The van der Waals surface area contributed by atoms with Crippen LogP contribution in [0, 0.1) is 11.3 Å². The third-order valence-corrected chi connectivity index (χ3v) is 5.42. The molecule has 1 unspecified atom stereocenters. The van der Waals surface area contributed by atoms with E-state index in [1.54, 1.807) is 32.2 Å². The summed E-state index contributed by atoms with van der Waals surface area (Å²) in [6, 6.07) is 9.11. The summed E-state index contributed by atoms with van der Waals surface area (Å²) in [7, 11) is 3.08. The molecule has 0 amide bonds. The molecule has 0 radical (unpaired) electrons. The third-order valence-electron chi connectivity index (χ3n) is 5.42. The highest BCUT2D eigenvalue weighted by atomic mass is 16.5. The predicted octanol–water partition coefficient (Wildman–Crippen LogP) is 4.56. The number of carboxylic acid groups (broad SMARTS) is 1. The molecule has 1 aliphatic heterocycles. The van der Waals surface area contributed by atoms with E-state index in [1.165, 1.54) is 7.11 Å². The van der Waals surface area contributed by atoms with Crippen LogP contribution in [-0.2, 0) is 16.1 Å². The highest BCUT2D eigenvalue weighted by Gasteiger charge is 2.30. The van der Waals surface area contributed by atoms with Crippen molar-refractivity contribution in [2.24, 2.45) is 11.3 Å². The maximum Gasteiger partial charge on any atom is 0.338 e. The first-order valence-electron chi connectivity index (χ1n) is 10.1. The number of carbonyl (C=O) groups excluding carboxylic acids is 1. The molecule has 1 heterocycles. The van der Waals surface area contributed by atoms with E-state index in [4.69, 9.17) is 18.9 Å². The fourth-order valence-electron chi connectivity index (χ4n) is 3.90. The van der Waals surface area contributed by atoms with Crippen LogP contribution in [0.4, 0.5) is 0 Å². The average Bonchev–Trinajstić information content (AvgIpc) is 3.12. The van der Waals surface area contributed by atoms with Gasteiger partial charge in [0.1, 0.15) is 6.61 Å². The highest BCUT2D eigenvalue weighted by Crippen LogP contribution is 2.47. The van der Waals surface area contributed by atoms with Crippen molar-refractivity contribution < 1.29 is 33.6 Å². The Hall–Kier alpha value is -3.22. The Morgan fingerprint density at radius 3 is 2.45 bits per heavy atom. The van der Waals surface area contributed by atoms with Gasteiger partial charge in [-0.15, -0.1) is 0 Å². The first-order chi connectivity index (χ1) is 14.7. The maximum absolute atomic E-state index is 12.0. The van der Waals surface area contributed by atoms with Gasteiger partial charge in [0, 0.05) is 11.1 Å². The van der Waals surface area contributed by atoms with Gasteiger partial charge in [0.2, 0.25) is 5.75 Å². The zero-order valence-electron chi connectivity index (χ0n) is 18.5. The summed E-state index contributed by atoms with van der Waals surface area (Å²) in [5.74, 6) is -0.250. The number of methoxy groups -OCH3 is 2. The summed E-state index contributed by atoms with van der Waals surface area (Å²) in [6.07, 6.45) is 0.451. The molecule has 1 aliphatic rings. The number of esters is 1. The third kappa shape index (κ3) is 4.60. The van der Waals surface area contributed by atoms with Gasteiger partial charge in [0.15, 0.2) is 11.5 Å². The van der Waals surface area contributed by atoms with Crippen molar-refractivity contribution in [3.05, 3.63) is 41.5 Å². The Labute approximate surface area is 181 Å². The minimum atomic E-state index is -0.836. The Kier molecular flexibility index (Phi) is 6.43. The number of carbonyl (C=O) groups is 2. The summed E-state index contributed by atoms with van der Waals surface area (Å²) in [5.41, 5.74) is 2.49.